The van der Waals surface area contributed by atoms with Crippen molar-refractivity contribution in [2.75, 3.05) is 25.0 Å². The number of carbonyl (C=O) groups excluding carboxylic acids is 1. The number of nitrogens with one attached hydrogen (secondary N) is 1. The molecule has 2 amide bonds. The first-order chi connectivity index (χ1) is 11.5. The van der Waals surface area contributed by atoms with E-state index in [1.165, 1.54) is 16.2 Å². The van der Waals surface area contributed by atoms with E-state index in [1.807, 2.05) is 6.07 Å². The van der Waals surface area contributed by atoms with Crippen molar-refractivity contribution in [1.29, 1.82) is 0 Å². The summed E-state index contributed by atoms with van der Waals surface area (Å²) in [6.07, 6.45) is 0.560. The fourth-order valence-electron chi connectivity index (χ4n) is 2.25. The number of carboxylic acid groups (broad SMARTS) is 1. The Balaban J connectivity index is 1.63. The average molecular weight is 368 g/mol. The molecule has 3 heterocycles. The van der Waals surface area contributed by atoms with Crippen molar-refractivity contribution in [3.63, 3.8) is 0 Å². The summed E-state index contributed by atoms with van der Waals surface area (Å²) in [6.45, 7) is 0.551. The summed E-state index contributed by atoms with van der Waals surface area (Å²) < 4.78 is 5.78. The highest BCUT2D eigenvalue weighted by Gasteiger charge is 2.29. The molecule has 0 radical (unpaired) electrons. The molecular formula is C15H14ClN3O4S. The molecule has 2 aromatic rings. The lowest BCUT2D eigenvalue weighted by atomic mass is 10.3. The van der Waals surface area contributed by atoms with Crippen LogP contribution < -0.4 is 5.32 Å². The molecule has 9 heteroatoms. The number of ether oxygens (including phenoxy) is 1. The van der Waals surface area contributed by atoms with Crippen LogP contribution >= 0.6 is 22.9 Å². The first-order valence-electron chi connectivity index (χ1n) is 7.15. The molecule has 1 aliphatic rings. The molecule has 2 N–H and O–H groups in total. The lowest BCUT2D eigenvalue weighted by molar-refractivity contribution is -0.154. The Bertz CT molecular complexity index is 749. The first kappa shape index (κ1) is 16.7. The average Bonchev–Trinajstić information content (AvgIpc) is 3.02. The second-order valence-electron chi connectivity index (χ2n) is 5.11. The minimum absolute atomic E-state index is 0.0143. The molecule has 0 spiro atoms. The number of hydrogen-bond acceptors (Lipinski definition) is 5. The molecule has 2 aromatic heterocycles. The molecule has 0 saturated carbocycles. The number of pyridine rings is 1. The maximum Gasteiger partial charge on any atom is 0.334 e. The highest BCUT2D eigenvalue weighted by Crippen LogP contribution is 2.30. The Kier molecular flexibility index (Phi) is 4.98. The zero-order valence-corrected chi connectivity index (χ0v) is 14.0. The molecule has 126 valence electrons. The summed E-state index contributed by atoms with van der Waals surface area (Å²) in [7, 11) is 0. The van der Waals surface area contributed by atoms with Gasteiger partial charge in [-0.15, -0.1) is 11.3 Å². The summed E-state index contributed by atoms with van der Waals surface area (Å²) in [4.78, 5) is 29.8. The van der Waals surface area contributed by atoms with Gasteiger partial charge in [0, 0.05) is 6.54 Å². The highest BCUT2D eigenvalue weighted by atomic mass is 35.5. The van der Waals surface area contributed by atoms with Crippen LogP contribution in [0.2, 0.25) is 4.34 Å². The van der Waals surface area contributed by atoms with Crippen molar-refractivity contribution in [1.82, 2.24) is 9.88 Å². The number of carboxylic acids is 1. The largest absolute Gasteiger partial charge is 0.479 e. The quantitative estimate of drug-likeness (QED) is 0.870. The van der Waals surface area contributed by atoms with E-state index in [9.17, 15) is 9.59 Å². The second kappa shape index (κ2) is 7.16. The number of thiophene rings is 1. The molecule has 1 unspecified atom stereocenters. The van der Waals surface area contributed by atoms with Crippen molar-refractivity contribution >= 4 is 40.6 Å². The van der Waals surface area contributed by atoms with Gasteiger partial charge in [-0.2, -0.15) is 0 Å². The van der Waals surface area contributed by atoms with Crippen molar-refractivity contribution < 1.29 is 19.4 Å². The number of amides is 2. The van der Waals surface area contributed by atoms with E-state index < -0.39 is 12.1 Å². The molecule has 1 fully saturated rings. The molecule has 1 atom stereocenters. The standard InChI is InChI=1S/C15H14ClN3O4S/c16-13-4-3-12(24-13)10-2-1-9(7-17-10)18-15(22)19-5-6-23-11(8-19)14(20)21/h1-4,7,11H,5-6,8H2,(H,18,22)(H,20,21). The van der Waals surface area contributed by atoms with Crippen molar-refractivity contribution in [3.05, 3.63) is 34.8 Å². The van der Waals surface area contributed by atoms with Crippen LogP contribution in [-0.4, -0.2) is 52.8 Å². The summed E-state index contributed by atoms with van der Waals surface area (Å²) in [5, 5.41) is 11.7. The number of urea groups is 1. The van der Waals surface area contributed by atoms with Crippen LogP contribution in [0.15, 0.2) is 30.5 Å². The van der Waals surface area contributed by atoms with Crippen molar-refractivity contribution in [2.24, 2.45) is 0 Å². The Morgan fingerprint density at radius 2 is 2.21 bits per heavy atom. The van der Waals surface area contributed by atoms with Gasteiger partial charge < -0.3 is 20.1 Å². The Labute approximate surface area is 146 Å². The zero-order chi connectivity index (χ0) is 17.1. The SMILES string of the molecule is O=C(O)C1CN(C(=O)Nc2ccc(-c3ccc(Cl)s3)nc2)CCO1. The molecule has 3 rings (SSSR count). The van der Waals surface area contributed by atoms with Gasteiger partial charge in [0.05, 0.1) is 39.9 Å². The van der Waals surface area contributed by atoms with Gasteiger partial charge in [0.25, 0.3) is 0 Å². The number of anilines is 1. The van der Waals surface area contributed by atoms with Gasteiger partial charge in [-0.1, -0.05) is 11.6 Å². The summed E-state index contributed by atoms with van der Waals surface area (Å²) in [6, 6.07) is 6.84. The molecule has 24 heavy (non-hydrogen) atoms. The van der Waals surface area contributed by atoms with Crippen LogP contribution in [0.25, 0.3) is 10.6 Å². The van der Waals surface area contributed by atoms with Gasteiger partial charge in [0.2, 0.25) is 0 Å². The van der Waals surface area contributed by atoms with Gasteiger partial charge in [-0.3, -0.25) is 4.98 Å². The van der Waals surface area contributed by atoms with Crippen LogP contribution in [0.5, 0.6) is 0 Å². The molecule has 1 saturated heterocycles. The number of rotatable bonds is 3. The number of aromatic nitrogens is 1. The molecule has 0 aromatic carbocycles. The van der Waals surface area contributed by atoms with Crippen LogP contribution in [-0.2, 0) is 9.53 Å². The molecule has 1 aliphatic heterocycles. The normalized spacial score (nSPS) is 17.5. The van der Waals surface area contributed by atoms with Crippen LogP contribution in [0, 0.1) is 0 Å². The summed E-state index contributed by atoms with van der Waals surface area (Å²) >= 11 is 7.33. The maximum absolute atomic E-state index is 12.2. The van der Waals surface area contributed by atoms with E-state index >= 15 is 0 Å². The number of hydrogen-bond donors (Lipinski definition) is 2. The lowest BCUT2D eigenvalue weighted by Crippen LogP contribution is -2.49. The second-order valence-corrected chi connectivity index (χ2v) is 6.82. The monoisotopic (exact) mass is 367 g/mol. The summed E-state index contributed by atoms with van der Waals surface area (Å²) in [5.74, 6) is -1.08. The summed E-state index contributed by atoms with van der Waals surface area (Å²) in [5.41, 5.74) is 1.30. The Morgan fingerprint density at radius 1 is 1.38 bits per heavy atom. The van der Waals surface area contributed by atoms with Gasteiger partial charge in [-0.25, -0.2) is 9.59 Å². The third-order valence-corrected chi connectivity index (χ3v) is 4.72. The molecule has 0 bridgehead atoms. The van der Waals surface area contributed by atoms with Gasteiger partial charge in [0.1, 0.15) is 0 Å². The predicted octanol–water partition coefficient (Wildman–Crippen LogP) is 2.78. The topological polar surface area (TPSA) is 91.8 Å². The van der Waals surface area contributed by atoms with E-state index in [0.717, 1.165) is 10.6 Å². The third kappa shape index (κ3) is 3.84. The molecule has 0 aliphatic carbocycles. The Hall–Kier alpha value is -2.16. The van der Waals surface area contributed by atoms with E-state index in [-0.39, 0.29) is 19.2 Å². The minimum Gasteiger partial charge on any atom is -0.479 e. The third-order valence-electron chi connectivity index (χ3n) is 3.47. The number of nitrogens with zero attached hydrogens (tertiary/aromatic N) is 2. The molecular weight excluding hydrogens is 354 g/mol. The van der Waals surface area contributed by atoms with Crippen molar-refractivity contribution in [2.45, 2.75) is 6.10 Å². The number of carbonyl (C=O) groups is 2. The van der Waals surface area contributed by atoms with Gasteiger partial charge in [0.15, 0.2) is 6.10 Å². The van der Waals surface area contributed by atoms with Crippen LogP contribution in [0.3, 0.4) is 0 Å². The Morgan fingerprint density at radius 3 is 2.83 bits per heavy atom. The van der Waals surface area contributed by atoms with E-state index in [4.69, 9.17) is 21.4 Å². The first-order valence-corrected chi connectivity index (χ1v) is 8.34. The predicted molar refractivity (Wildman–Crippen MR) is 90.5 cm³/mol. The van der Waals surface area contributed by atoms with Crippen molar-refractivity contribution in [3.8, 4) is 10.6 Å². The van der Waals surface area contributed by atoms with Crippen LogP contribution in [0.4, 0.5) is 10.5 Å². The van der Waals surface area contributed by atoms with Gasteiger partial charge >= 0.3 is 12.0 Å². The van der Waals surface area contributed by atoms with Crippen LogP contribution in [0.1, 0.15) is 0 Å². The molecule has 7 nitrogen and oxygen atoms in total. The van der Waals surface area contributed by atoms with E-state index in [1.54, 1.807) is 24.4 Å². The van der Waals surface area contributed by atoms with Gasteiger partial charge in [-0.05, 0) is 24.3 Å². The maximum atomic E-state index is 12.2. The smallest absolute Gasteiger partial charge is 0.334 e. The lowest BCUT2D eigenvalue weighted by Gasteiger charge is -2.30. The fourth-order valence-corrected chi connectivity index (χ4v) is 3.27. The van der Waals surface area contributed by atoms with E-state index in [2.05, 4.69) is 10.3 Å². The fraction of sp³-hybridized carbons (Fsp3) is 0.267. The number of morpholine rings is 1. The number of halogens is 1. The van der Waals surface area contributed by atoms with E-state index in [0.29, 0.717) is 16.6 Å². The minimum atomic E-state index is -1.08. The highest BCUT2D eigenvalue weighted by molar-refractivity contribution is 7.19. The number of aliphatic carboxylic acids is 1. The zero-order valence-electron chi connectivity index (χ0n) is 12.4.